The van der Waals surface area contributed by atoms with Crippen LogP contribution in [-0.2, 0) is 9.47 Å². The minimum atomic E-state index is -0.435. The number of nitrogens with two attached hydrogens (primary N) is 1. The van der Waals surface area contributed by atoms with Crippen LogP contribution in [0.15, 0.2) is 0 Å². The third-order valence-electron chi connectivity index (χ3n) is 3.14. The molecule has 4 nitrogen and oxygen atoms in total. The predicted molar refractivity (Wildman–Crippen MR) is 54.0 cm³/mol. The first kappa shape index (κ1) is 11.9. The summed E-state index contributed by atoms with van der Waals surface area (Å²) in [6.07, 6.45) is 0.411. The zero-order chi connectivity index (χ0) is 10.6. The minimum absolute atomic E-state index is 0.102. The smallest absolute Gasteiger partial charge is 0.0678 e. The number of ether oxygens (including phenoxy) is 2. The van der Waals surface area contributed by atoms with Crippen LogP contribution in [0.4, 0.5) is 0 Å². The van der Waals surface area contributed by atoms with Crippen molar-refractivity contribution in [3.63, 3.8) is 0 Å². The van der Waals surface area contributed by atoms with E-state index in [1.165, 1.54) is 0 Å². The predicted octanol–water partition coefficient (Wildman–Crippen LogP) is -0.00480. The largest absolute Gasteiger partial charge is 0.392 e. The molecule has 1 aliphatic heterocycles. The Morgan fingerprint density at radius 3 is 2.79 bits per heavy atom. The van der Waals surface area contributed by atoms with Gasteiger partial charge in [-0.25, -0.2) is 0 Å². The molecule has 4 heteroatoms. The first-order valence-electron chi connectivity index (χ1n) is 5.11. The SMILES string of the molecule is COCC(C)C(O)C1(CN)CCOC1. The zero-order valence-electron chi connectivity index (χ0n) is 9.03. The molecular formula is C10H21NO3. The first-order valence-corrected chi connectivity index (χ1v) is 5.11. The molecule has 1 fully saturated rings. The Morgan fingerprint density at radius 1 is 1.64 bits per heavy atom. The monoisotopic (exact) mass is 203 g/mol. The van der Waals surface area contributed by atoms with Gasteiger partial charge < -0.3 is 20.3 Å². The van der Waals surface area contributed by atoms with Gasteiger partial charge in [-0.15, -0.1) is 0 Å². The van der Waals surface area contributed by atoms with Crippen molar-refractivity contribution in [1.82, 2.24) is 0 Å². The molecule has 1 saturated heterocycles. The highest BCUT2D eigenvalue weighted by Crippen LogP contribution is 2.34. The van der Waals surface area contributed by atoms with Crippen molar-refractivity contribution in [1.29, 1.82) is 0 Å². The van der Waals surface area contributed by atoms with Crippen molar-refractivity contribution in [2.24, 2.45) is 17.1 Å². The third kappa shape index (κ3) is 2.25. The minimum Gasteiger partial charge on any atom is -0.392 e. The highest BCUT2D eigenvalue weighted by molar-refractivity contribution is 4.92. The molecule has 0 amide bonds. The lowest BCUT2D eigenvalue weighted by atomic mass is 9.76. The number of hydrogen-bond acceptors (Lipinski definition) is 4. The van der Waals surface area contributed by atoms with Gasteiger partial charge in [0.05, 0.1) is 19.3 Å². The van der Waals surface area contributed by atoms with E-state index in [0.717, 1.165) is 6.42 Å². The van der Waals surface area contributed by atoms with Crippen molar-refractivity contribution in [2.75, 3.05) is 33.5 Å². The highest BCUT2D eigenvalue weighted by Gasteiger charge is 2.42. The van der Waals surface area contributed by atoms with Gasteiger partial charge in [-0.1, -0.05) is 6.92 Å². The molecule has 0 spiro atoms. The van der Waals surface area contributed by atoms with Gasteiger partial charge in [-0.3, -0.25) is 0 Å². The van der Waals surface area contributed by atoms with E-state index in [4.69, 9.17) is 15.2 Å². The van der Waals surface area contributed by atoms with E-state index < -0.39 is 6.10 Å². The standard InChI is InChI=1S/C10H21NO3/c1-8(5-13-2)9(12)10(6-11)3-4-14-7-10/h8-9,12H,3-7,11H2,1-2H3. The highest BCUT2D eigenvalue weighted by atomic mass is 16.5. The number of aliphatic hydroxyl groups is 1. The van der Waals surface area contributed by atoms with Gasteiger partial charge in [-0.05, 0) is 6.42 Å². The molecule has 1 heterocycles. The van der Waals surface area contributed by atoms with Crippen LogP contribution in [0, 0.1) is 11.3 Å². The van der Waals surface area contributed by atoms with E-state index in [9.17, 15) is 5.11 Å². The van der Waals surface area contributed by atoms with Crippen LogP contribution in [0.3, 0.4) is 0 Å². The molecule has 0 bridgehead atoms. The maximum Gasteiger partial charge on any atom is 0.0678 e. The van der Waals surface area contributed by atoms with Gasteiger partial charge in [0.1, 0.15) is 0 Å². The van der Waals surface area contributed by atoms with Crippen LogP contribution in [0.25, 0.3) is 0 Å². The quantitative estimate of drug-likeness (QED) is 0.660. The van der Waals surface area contributed by atoms with E-state index in [2.05, 4.69) is 0 Å². The normalized spacial score (nSPS) is 31.7. The van der Waals surface area contributed by atoms with Crippen molar-refractivity contribution >= 4 is 0 Å². The van der Waals surface area contributed by atoms with E-state index in [0.29, 0.717) is 26.4 Å². The summed E-state index contributed by atoms with van der Waals surface area (Å²) in [7, 11) is 1.64. The van der Waals surface area contributed by atoms with Crippen LogP contribution in [0.2, 0.25) is 0 Å². The summed E-state index contributed by atoms with van der Waals surface area (Å²) in [6.45, 7) is 4.28. The number of hydrogen-bond donors (Lipinski definition) is 2. The second-order valence-electron chi connectivity index (χ2n) is 4.25. The van der Waals surface area contributed by atoms with Gasteiger partial charge in [0.25, 0.3) is 0 Å². The molecule has 0 aromatic rings. The Hall–Kier alpha value is -0.160. The fourth-order valence-corrected chi connectivity index (χ4v) is 2.10. The van der Waals surface area contributed by atoms with E-state index in [1.807, 2.05) is 6.92 Å². The summed E-state index contributed by atoms with van der Waals surface area (Å²) in [5.74, 6) is 0.102. The van der Waals surface area contributed by atoms with Crippen LogP contribution in [-0.4, -0.2) is 44.7 Å². The topological polar surface area (TPSA) is 64.7 Å². The fourth-order valence-electron chi connectivity index (χ4n) is 2.10. The Bertz CT molecular complexity index is 169. The van der Waals surface area contributed by atoms with Crippen LogP contribution in [0.5, 0.6) is 0 Å². The van der Waals surface area contributed by atoms with E-state index in [-0.39, 0.29) is 11.3 Å². The number of methoxy groups -OCH3 is 1. The second kappa shape index (κ2) is 5.07. The molecule has 3 N–H and O–H groups in total. The zero-order valence-corrected chi connectivity index (χ0v) is 9.03. The average Bonchev–Trinajstić information content (AvgIpc) is 2.66. The van der Waals surface area contributed by atoms with Gasteiger partial charge in [0, 0.05) is 31.6 Å². The van der Waals surface area contributed by atoms with Crippen molar-refractivity contribution in [3.8, 4) is 0 Å². The molecule has 0 aromatic heterocycles. The van der Waals surface area contributed by atoms with Crippen molar-refractivity contribution < 1.29 is 14.6 Å². The molecule has 1 aliphatic rings. The number of rotatable bonds is 5. The van der Waals surface area contributed by atoms with Gasteiger partial charge in [-0.2, -0.15) is 0 Å². The summed E-state index contributed by atoms with van der Waals surface area (Å²) in [4.78, 5) is 0. The fraction of sp³-hybridized carbons (Fsp3) is 1.00. The maximum atomic E-state index is 10.2. The summed E-state index contributed by atoms with van der Waals surface area (Å²) < 4.78 is 10.4. The van der Waals surface area contributed by atoms with Crippen LogP contribution < -0.4 is 5.73 Å². The molecule has 84 valence electrons. The lowest BCUT2D eigenvalue weighted by Crippen LogP contribution is -2.46. The summed E-state index contributed by atoms with van der Waals surface area (Å²) in [5.41, 5.74) is 5.47. The van der Waals surface area contributed by atoms with Crippen molar-refractivity contribution in [2.45, 2.75) is 19.4 Å². The molecule has 1 rings (SSSR count). The molecule has 0 radical (unpaired) electrons. The third-order valence-corrected chi connectivity index (χ3v) is 3.14. The molecular weight excluding hydrogens is 182 g/mol. The second-order valence-corrected chi connectivity index (χ2v) is 4.25. The summed E-state index contributed by atoms with van der Waals surface area (Å²) in [5, 5.41) is 10.2. The molecule has 0 aromatic carbocycles. The Kier molecular flexibility index (Phi) is 4.31. The first-order chi connectivity index (χ1) is 6.66. The molecule has 0 saturated carbocycles. The lowest BCUT2D eigenvalue weighted by molar-refractivity contribution is -0.0360. The number of aliphatic hydroxyl groups excluding tert-OH is 1. The van der Waals surface area contributed by atoms with Gasteiger partial charge in [0.2, 0.25) is 0 Å². The Balaban J connectivity index is 2.59. The Labute approximate surface area is 85.4 Å². The molecule has 3 atom stereocenters. The summed E-state index contributed by atoms with van der Waals surface area (Å²) in [6, 6.07) is 0. The van der Waals surface area contributed by atoms with Crippen molar-refractivity contribution in [3.05, 3.63) is 0 Å². The van der Waals surface area contributed by atoms with Gasteiger partial charge in [0.15, 0.2) is 0 Å². The van der Waals surface area contributed by atoms with E-state index >= 15 is 0 Å². The lowest BCUT2D eigenvalue weighted by Gasteiger charge is -2.34. The molecule has 14 heavy (non-hydrogen) atoms. The molecule has 3 unspecified atom stereocenters. The van der Waals surface area contributed by atoms with E-state index in [1.54, 1.807) is 7.11 Å². The Morgan fingerprint density at radius 2 is 2.36 bits per heavy atom. The maximum absolute atomic E-state index is 10.2. The molecule has 0 aliphatic carbocycles. The summed E-state index contributed by atoms with van der Waals surface area (Å²) >= 11 is 0. The average molecular weight is 203 g/mol. The van der Waals surface area contributed by atoms with Crippen LogP contribution >= 0.6 is 0 Å². The van der Waals surface area contributed by atoms with Crippen LogP contribution in [0.1, 0.15) is 13.3 Å². The van der Waals surface area contributed by atoms with Gasteiger partial charge >= 0.3 is 0 Å².